The van der Waals surface area contributed by atoms with Gasteiger partial charge in [0, 0.05) is 21.2 Å². The molecule has 0 spiro atoms. The fraction of sp³-hybridized carbons (Fsp3) is 0.240. The lowest BCUT2D eigenvalue weighted by Gasteiger charge is -2.28. The Labute approximate surface area is 195 Å². The van der Waals surface area contributed by atoms with Crippen LogP contribution >= 0.6 is 15.9 Å². The highest BCUT2D eigenvalue weighted by Gasteiger charge is 2.25. The third-order valence-electron chi connectivity index (χ3n) is 5.08. The Hall–Kier alpha value is -3.03. The van der Waals surface area contributed by atoms with Crippen LogP contribution in [-0.2, 0) is 33.9 Å². The zero-order chi connectivity index (χ0) is 22.5. The Balaban J connectivity index is 1.46. The fourth-order valence-corrected chi connectivity index (χ4v) is 4.08. The average Bonchev–Trinajstić information content (AvgIpc) is 2.82. The molecular weight excluding hydrogens is 476 g/mol. The highest BCUT2D eigenvalue weighted by molar-refractivity contribution is 9.10. The first kappa shape index (κ1) is 22.2. The Morgan fingerprint density at radius 3 is 2.56 bits per heavy atom. The molecular formula is C25H23BrO6. The van der Waals surface area contributed by atoms with Gasteiger partial charge in [0.2, 0.25) is 6.29 Å². The normalized spacial score (nSPS) is 14.8. The monoisotopic (exact) mass is 498 g/mol. The van der Waals surface area contributed by atoms with E-state index in [2.05, 4.69) is 15.9 Å². The Kier molecular flexibility index (Phi) is 6.97. The summed E-state index contributed by atoms with van der Waals surface area (Å²) in [4.78, 5) is 12.5. The van der Waals surface area contributed by atoms with Crippen LogP contribution in [-0.4, -0.2) is 20.2 Å². The first-order valence-electron chi connectivity index (χ1n) is 10.1. The van der Waals surface area contributed by atoms with Crippen molar-refractivity contribution in [2.24, 2.45) is 0 Å². The molecule has 0 radical (unpaired) electrons. The molecule has 1 unspecified atom stereocenters. The molecule has 32 heavy (non-hydrogen) atoms. The van der Waals surface area contributed by atoms with Gasteiger partial charge in [-0.1, -0.05) is 52.3 Å². The fourth-order valence-electron chi connectivity index (χ4n) is 3.53. The van der Waals surface area contributed by atoms with E-state index in [1.54, 1.807) is 26.4 Å². The Bertz CT molecular complexity index is 1100. The van der Waals surface area contributed by atoms with Gasteiger partial charge < -0.3 is 23.7 Å². The molecule has 0 aliphatic carbocycles. The largest absolute Gasteiger partial charge is 0.493 e. The second-order valence-corrected chi connectivity index (χ2v) is 8.17. The minimum Gasteiger partial charge on any atom is -0.493 e. The van der Waals surface area contributed by atoms with Crippen molar-refractivity contribution in [1.29, 1.82) is 0 Å². The SMILES string of the molecule is COc1ccc(CC(=O)OCc2cc(Br)cc3c2OC(c2ccccc2)OC3)cc1OC. The Morgan fingerprint density at radius 2 is 1.81 bits per heavy atom. The van der Waals surface area contributed by atoms with E-state index in [0.29, 0.717) is 23.9 Å². The van der Waals surface area contributed by atoms with E-state index in [1.165, 1.54) is 0 Å². The molecule has 1 atom stereocenters. The van der Waals surface area contributed by atoms with E-state index in [4.69, 9.17) is 23.7 Å². The summed E-state index contributed by atoms with van der Waals surface area (Å²) >= 11 is 3.51. The van der Waals surface area contributed by atoms with Crippen molar-refractivity contribution in [2.75, 3.05) is 14.2 Å². The second-order valence-electron chi connectivity index (χ2n) is 7.25. The molecule has 166 valence electrons. The topological polar surface area (TPSA) is 63.2 Å². The summed E-state index contributed by atoms with van der Waals surface area (Å²) in [6.07, 6.45) is -0.390. The molecule has 0 amide bonds. The molecule has 1 aliphatic heterocycles. The standard InChI is InChI=1S/C25H23BrO6/c1-28-21-9-8-16(10-22(21)29-2)11-23(27)30-14-18-12-20(26)13-19-15-31-25(32-24(18)19)17-6-4-3-5-7-17/h3-10,12-13,25H,11,14-15H2,1-2H3. The highest BCUT2D eigenvalue weighted by atomic mass is 79.9. The molecule has 3 aromatic carbocycles. The lowest BCUT2D eigenvalue weighted by molar-refractivity contribution is -0.144. The van der Waals surface area contributed by atoms with Gasteiger partial charge in [0.1, 0.15) is 12.4 Å². The lowest BCUT2D eigenvalue weighted by atomic mass is 10.1. The van der Waals surface area contributed by atoms with Gasteiger partial charge in [0.15, 0.2) is 11.5 Å². The third-order valence-corrected chi connectivity index (χ3v) is 5.54. The summed E-state index contributed by atoms with van der Waals surface area (Å²) in [7, 11) is 3.13. The number of esters is 1. The van der Waals surface area contributed by atoms with Crippen molar-refractivity contribution in [3.8, 4) is 17.2 Å². The minimum atomic E-state index is -0.508. The lowest BCUT2D eigenvalue weighted by Crippen LogP contribution is -2.19. The molecule has 0 N–H and O–H groups in total. The first-order valence-corrected chi connectivity index (χ1v) is 10.9. The van der Waals surface area contributed by atoms with Crippen molar-refractivity contribution in [1.82, 2.24) is 0 Å². The number of hydrogen-bond acceptors (Lipinski definition) is 6. The molecule has 0 aromatic heterocycles. The van der Waals surface area contributed by atoms with Gasteiger partial charge in [-0.05, 0) is 29.8 Å². The van der Waals surface area contributed by atoms with Gasteiger partial charge in [-0.15, -0.1) is 0 Å². The maximum absolute atomic E-state index is 12.5. The van der Waals surface area contributed by atoms with E-state index in [0.717, 1.165) is 26.7 Å². The number of methoxy groups -OCH3 is 2. The van der Waals surface area contributed by atoms with Crippen molar-refractivity contribution >= 4 is 21.9 Å². The summed E-state index contributed by atoms with van der Waals surface area (Å²) < 4.78 is 29.0. The molecule has 4 rings (SSSR count). The van der Waals surface area contributed by atoms with Crippen molar-refractivity contribution in [2.45, 2.75) is 25.9 Å². The van der Waals surface area contributed by atoms with Crippen LogP contribution in [0.2, 0.25) is 0 Å². The number of rotatable bonds is 7. The van der Waals surface area contributed by atoms with E-state index in [9.17, 15) is 4.79 Å². The number of carbonyl (C=O) groups is 1. The molecule has 3 aromatic rings. The maximum atomic E-state index is 12.5. The summed E-state index contributed by atoms with van der Waals surface area (Å²) in [6, 6.07) is 18.9. The molecule has 0 saturated heterocycles. The van der Waals surface area contributed by atoms with Crippen molar-refractivity contribution < 1.29 is 28.5 Å². The smallest absolute Gasteiger partial charge is 0.310 e. The number of halogens is 1. The van der Waals surface area contributed by atoms with E-state index >= 15 is 0 Å². The van der Waals surface area contributed by atoms with Crippen LogP contribution < -0.4 is 14.2 Å². The molecule has 0 bridgehead atoms. The van der Waals surface area contributed by atoms with Gasteiger partial charge in [-0.3, -0.25) is 4.79 Å². The van der Waals surface area contributed by atoms with Crippen LogP contribution in [0.25, 0.3) is 0 Å². The zero-order valence-electron chi connectivity index (χ0n) is 17.8. The van der Waals surface area contributed by atoms with Crippen LogP contribution in [0, 0.1) is 0 Å². The van der Waals surface area contributed by atoms with Gasteiger partial charge in [-0.25, -0.2) is 0 Å². The van der Waals surface area contributed by atoms with Gasteiger partial charge >= 0.3 is 5.97 Å². The quantitative estimate of drug-likeness (QED) is 0.408. The third kappa shape index (κ3) is 5.06. The van der Waals surface area contributed by atoms with Crippen molar-refractivity contribution in [3.63, 3.8) is 0 Å². The van der Waals surface area contributed by atoms with Gasteiger partial charge in [0.25, 0.3) is 0 Å². The number of ether oxygens (including phenoxy) is 5. The van der Waals surface area contributed by atoms with Crippen molar-refractivity contribution in [3.05, 3.63) is 87.4 Å². The van der Waals surface area contributed by atoms with Crippen LogP contribution in [0.5, 0.6) is 17.2 Å². The predicted molar refractivity (Wildman–Crippen MR) is 122 cm³/mol. The molecule has 1 heterocycles. The number of benzene rings is 3. The van der Waals surface area contributed by atoms with E-state index in [1.807, 2.05) is 48.5 Å². The van der Waals surface area contributed by atoms with Gasteiger partial charge in [-0.2, -0.15) is 0 Å². The van der Waals surface area contributed by atoms with Crippen LogP contribution in [0.4, 0.5) is 0 Å². The maximum Gasteiger partial charge on any atom is 0.310 e. The zero-order valence-corrected chi connectivity index (χ0v) is 19.4. The van der Waals surface area contributed by atoms with Crippen LogP contribution in [0.15, 0.2) is 65.1 Å². The minimum absolute atomic E-state index is 0.0927. The second kappa shape index (κ2) is 10.1. The molecule has 0 fully saturated rings. The molecule has 1 aliphatic rings. The number of hydrogen-bond donors (Lipinski definition) is 0. The molecule has 6 nitrogen and oxygen atoms in total. The molecule has 7 heteroatoms. The van der Waals surface area contributed by atoms with Crippen LogP contribution in [0.1, 0.15) is 28.5 Å². The van der Waals surface area contributed by atoms with E-state index in [-0.39, 0.29) is 19.0 Å². The molecule has 0 saturated carbocycles. The summed E-state index contributed by atoms with van der Waals surface area (Å²) in [5, 5.41) is 0. The summed E-state index contributed by atoms with van der Waals surface area (Å²) in [5.74, 6) is 1.52. The van der Waals surface area contributed by atoms with Crippen LogP contribution in [0.3, 0.4) is 0 Å². The first-order chi connectivity index (χ1) is 15.6. The van der Waals surface area contributed by atoms with Gasteiger partial charge in [0.05, 0.1) is 27.2 Å². The number of carbonyl (C=O) groups excluding carboxylic acids is 1. The average molecular weight is 499 g/mol. The summed E-state index contributed by atoms with van der Waals surface area (Å²) in [6.45, 7) is 0.496. The predicted octanol–water partition coefficient (Wildman–Crippen LogP) is 5.36. The highest BCUT2D eigenvalue weighted by Crippen LogP contribution is 2.38. The summed E-state index contributed by atoms with van der Waals surface area (Å²) in [5.41, 5.74) is 3.38. The Morgan fingerprint density at radius 1 is 1.03 bits per heavy atom. The van der Waals surface area contributed by atoms with E-state index < -0.39 is 6.29 Å². The number of fused-ring (bicyclic) bond motifs is 1.